The largest absolute Gasteiger partial charge is 0.214 e. The lowest BCUT2D eigenvalue weighted by Crippen LogP contribution is -2.37. The van der Waals surface area contributed by atoms with E-state index in [2.05, 4.69) is 6.58 Å². The lowest BCUT2D eigenvalue weighted by atomic mass is 10.1. The smallest absolute Gasteiger partial charge is 0.212 e. The van der Waals surface area contributed by atoms with Crippen molar-refractivity contribution >= 4 is 10.0 Å². The van der Waals surface area contributed by atoms with Crippen LogP contribution in [0.2, 0.25) is 0 Å². The van der Waals surface area contributed by atoms with Crippen molar-refractivity contribution in [1.82, 2.24) is 4.31 Å². The van der Waals surface area contributed by atoms with Gasteiger partial charge in [0.15, 0.2) is 0 Å². The van der Waals surface area contributed by atoms with E-state index in [0.29, 0.717) is 13.1 Å². The van der Waals surface area contributed by atoms with Crippen molar-refractivity contribution in [2.75, 3.05) is 18.8 Å². The van der Waals surface area contributed by atoms with Crippen LogP contribution >= 0.6 is 0 Å². The monoisotopic (exact) mass is 189 g/mol. The summed E-state index contributed by atoms with van der Waals surface area (Å²) in [5.74, 6) is 0.195. The Morgan fingerprint density at radius 2 is 2.25 bits per heavy atom. The average molecular weight is 189 g/mol. The molecule has 0 radical (unpaired) electrons. The second kappa shape index (κ2) is 3.58. The summed E-state index contributed by atoms with van der Waals surface area (Å²) in [6, 6.07) is 0. The van der Waals surface area contributed by atoms with Crippen molar-refractivity contribution in [2.45, 2.75) is 19.8 Å². The molecule has 0 aromatic rings. The van der Waals surface area contributed by atoms with Crippen molar-refractivity contribution in [3.63, 3.8) is 0 Å². The van der Waals surface area contributed by atoms with Crippen molar-refractivity contribution < 1.29 is 8.42 Å². The standard InChI is InChI=1S/C8H15NO2S/c1-3-12(10,11)9-6-4-5-8(2)7-9/h2-7H2,1H3. The average Bonchev–Trinajstić information content (AvgIpc) is 2.05. The number of hydrogen-bond donors (Lipinski definition) is 0. The van der Waals surface area contributed by atoms with Gasteiger partial charge in [-0.2, -0.15) is 4.31 Å². The summed E-state index contributed by atoms with van der Waals surface area (Å²) in [5.41, 5.74) is 1.03. The van der Waals surface area contributed by atoms with Gasteiger partial charge in [0.05, 0.1) is 5.75 Å². The first-order chi connectivity index (χ1) is 5.56. The molecule has 70 valence electrons. The SMILES string of the molecule is C=C1CCCN(S(=O)(=O)CC)C1. The third-order valence-electron chi connectivity index (χ3n) is 2.10. The van der Waals surface area contributed by atoms with E-state index in [0.717, 1.165) is 18.4 Å². The normalized spacial score (nSPS) is 21.2. The summed E-state index contributed by atoms with van der Waals surface area (Å²) in [5, 5.41) is 0. The fraction of sp³-hybridized carbons (Fsp3) is 0.750. The van der Waals surface area contributed by atoms with Gasteiger partial charge in [0, 0.05) is 13.1 Å². The Balaban J connectivity index is 2.70. The molecular formula is C8H15NO2S. The summed E-state index contributed by atoms with van der Waals surface area (Å²) in [6.45, 7) is 6.67. The second-order valence-electron chi connectivity index (χ2n) is 3.09. The van der Waals surface area contributed by atoms with Crippen LogP contribution in [0.3, 0.4) is 0 Å². The third kappa shape index (κ3) is 2.08. The molecule has 12 heavy (non-hydrogen) atoms. The first-order valence-corrected chi connectivity index (χ1v) is 5.81. The van der Waals surface area contributed by atoms with Crippen molar-refractivity contribution in [2.24, 2.45) is 0 Å². The number of nitrogens with zero attached hydrogens (tertiary/aromatic N) is 1. The molecule has 0 amide bonds. The maximum Gasteiger partial charge on any atom is 0.214 e. The second-order valence-corrected chi connectivity index (χ2v) is 5.35. The molecule has 3 nitrogen and oxygen atoms in total. The van der Waals surface area contributed by atoms with Crippen molar-refractivity contribution in [3.05, 3.63) is 12.2 Å². The van der Waals surface area contributed by atoms with E-state index in [1.807, 2.05) is 0 Å². The number of sulfonamides is 1. The number of rotatable bonds is 2. The van der Waals surface area contributed by atoms with E-state index in [1.54, 1.807) is 6.92 Å². The van der Waals surface area contributed by atoms with Gasteiger partial charge >= 0.3 is 0 Å². The lowest BCUT2D eigenvalue weighted by Gasteiger charge is -2.26. The highest BCUT2D eigenvalue weighted by atomic mass is 32.2. The molecule has 0 aliphatic carbocycles. The summed E-state index contributed by atoms with van der Waals surface area (Å²) in [7, 11) is -2.98. The maximum absolute atomic E-state index is 11.4. The van der Waals surface area contributed by atoms with E-state index in [9.17, 15) is 8.42 Å². The maximum atomic E-state index is 11.4. The minimum Gasteiger partial charge on any atom is -0.212 e. The molecule has 0 bridgehead atoms. The fourth-order valence-corrected chi connectivity index (χ4v) is 2.48. The molecular weight excluding hydrogens is 174 g/mol. The minimum absolute atomic E-state index is 0.195. The Labute approximate surface area is 74.1 Å². The molecule has 1 fully saturated rings. The van der Waals surface area contributed by atoms with Crippen LogP contribution < -0.4 is 0 Å². The zero-order chi connectivity index (χ0) is 9.19. The summed E-state index contributed by atoms with van der Waals surface area (Å²) < 4.78 is 24.3. The first kappa shape index (κ1) is 9.74. The third-order valence-corrected chi connectivity index (χ3v) is 3.92. The van der Waals surface area contributed by atoms with Gasteiger partial charge in [0.1, 0.15) is 0 Å². The highest BCUT2D eigenvalue weighted by Crippen LogP contribution is 2.16. The summed E-state index contributed by atoms with van der Waals surface area (Å²) in [6.07, 6.45) is 1.88. The molecule has 1 rings (SSSR count). The van der Waals surface area contributed by atoms with Gasteiger partial charge in [0.25, 0.3) is 0 Å². The zero-order valence-electron chi connectivity index (χ0n) is 7.41. The van der Waals surface area contributed by atoms with Crippen LogP contribution in [0.15, 0.2) is 12.2 Å². The first-order valence-electron chi connectivity index (χ1n) is 4.20. The molecule has 0 unspecified atom stereocenters. The van der Waals surface area contributed by atoms with Crippen LogP contribution in [0.25, 0.3) is 0 Å². The topological polar surface area (TPSA) is 37.4 Å². The van der Waals surface area contributed by atoms with Crippen LogP contribution in [0, 0.1) is 0 Å². The Morgan fingerprint density at radius 3 is 2.75 bits per heavy atom. The minimum atomic E-state index is -2.98. The van der Waals surface area contributed by atoms with Crippen molar-refractivity contribution in [3.8, 4) is 0 Å². The molecule has 1 saturated heterocycles. The molecule has 1 aliphatic heterocycles. The number of piperidine rings is 1. The van der Waals surface area contributed by atoms with Gasteiger partial charge in [-0.3, -0.25) is 0 Å². The predicted octanol–water partition coefficient (Wildman–Crippen LogP) is 0.988. The van der Waals surface area contributed by atoms with Crippen LogP contribution in [0.5, 0.6) is 0 Å². The zero-order valence-corrected chi connectivity index (χ0v) is 8.23. The van der Waals surface area contributed by atoms with Gasteiger partial charge in [-0.15, -0.1) is 0 Å². The highest BCUT2D eigenvalue weighted by molar-refractivity contribution is 7.89. The quantitative estimate of drug-likeness (QED) is 0.607. The van der Waals surface area contributed by atoms with E-state index in [-0.39, 0.29) is 5.75 Å². The molecule has 0 aromatic carbocycles. The van der Waals surface area contributed by atoms with E-state index in [1.165, 1.54) is 4.31 Å². The molecule has 0 N–H and O–H groups in total. The van der Waals surface area contributed by atoms with Crippen molar-refractivity contribution in [1.29, 1.82) is 0 Å². The fourth-order valence-electron chi connectivity index (χ4n) is 1.33. The molecule has 0 spiro atoms. The van der Waals surface area contributed by atoms with Crippen LogP contribution in [-0.2, 0) is 10.0 Å². The van der Waals surface area contributed by atoms with E-state index in [4.69, 9.17) is 0 Å². The molecule has 1 aliphatic rings. The Morgan fingerprint density at radius 1 is 1.58 bits per heavy atom. The van der Waals surface area contributed by atoms with Crippen LogP contribution in [-0.4, -0.2) is 31.6 Å². The van der Waals surface area contributed by atoms with Gasteiger partial charge in [-0.1, -0.05) is 12.2 Å². The van der Waals surface area contributed by atoms with E-state index < -0.39 is 10.0 Å². The van der Waals surface area contributed by atoms with Gasteiger partial charge in [0.2, 0.25) is 10.0 Å². The number of hydrogen-bond acceptors (Lipinski definition) is 2. The molecule has 0 aromatic heterocycles. The van der Waals surface area contributed by atoms with Gasteiger partial charge < -0.3 is 0 Å². The lowest BCUT2D eigenvalue weighted by molar-refractivity contribution is 0.396. The summed E-state index contributed by atoms with van der Waals surface area (Å²) >= 11 is 0. The van der Waals surface area contributed by atoms with Crippen LogP contribution in [0.4, 0.5) is 0 Å². The Bertz CT molecular complexity index is 269. The predicted molar refractivity (Wildman–Crippen MR) is 49.4 cm³/mol. The Kier molecular flexibility index (Phi) is 2.90. The highest BCUT2D eigenvalue weighted by Gasteiger charge is 2.22. The molecule has 0 saturated carbocycles. The summed E-state index contributed by atoms with van der Waals surface area (Å²) in [4.78, 5) is 0. The molecule has 1 heterocycles. The molecule has 4 heteroatoms. The van der Waals surface area contributed by atoms with Gasteiger partial charge in [-0.05, 0) is 19.8 Å². The Hall–Kier alpha value is -0.350. The van der Waals surface area contributed by atoms with E-state index >= 15 is 0 Å². The van der Waals surface area contributed by atoms with Crippen LogP contribution in [0.1, 0.15) is 19.8 Å². The van der Waals surface area contributed by atoms with Gasteiger partial charge in [-0.25, -0.2) is 8.42 Å². The molecule has 0 atom stereocenters.